The molecule has 1 aromatic heterocycles. The maximum absolute atomic E-state index is 13.5. The van der Waals surface area contributed by atoms with Crippen LogP contribution in [0.2, 0.25) is 0 Å². The number of morpholine rings is 1. The van der Waals surface area contributed by atoms with E-state index in [2.05, 4.69) is 15.2 Å². The number of nitrogens with zero attached hydrogens (tertiary/aromatic N) is 2. The molecule has 1 aliphatic heterocycles. The third kappa shape index (κ3) is 4.72. The zero-order valence-electron chi connectivity index (χ0n) is 16.6. The lowest BCUT2D eigenvalue weighted by Gasteiger charge is -2.36. The van der Waals surface area contributed by atoms with E-state index in [4.69, 9.17) is 4.74 Å². The summed E-state index contributed by atoms with van der Waals surface area (Å²) >= 11 is 0. The molecule has 0 unspecified atom stereocenters. The second-order valence-electron chi connectivity index (χ2n) is 8.25. The highest BCUT2D eigenvalue weighted by Gasteiger charge is 2.44. The molecule has 0 spiro atoms. The molecule has 7 heteroatoms. The maximum atomic E-state index is 13.5. The van der Waals surface area contributed by atoms with Gasteiger partial charge in [-0.25, -0.2) is 8.78 Å². The fraction of sp³-hybridized carbons (Fsp3) is 0.455. The van der Waals surface area contributed by atoms with Crippen LogP contribution >= 0.6 is 0 Å². The molecule has 1 saturated carbocycles. The average Bonchev–Trinajstić information content (AvgIpc) is 3.39. The Morgan fingerprint density at radius 2 is 1.83 bits per heavy atom. The standard InChI is InChI=1S/C22H25F2N3O2/c1-14-12-27(13-15(2)29-14)19-3-6-25-20(10-19)21(28)26-22(4-5-22)11-16-7-17(23)9-18(24)8-16/h3,6-10,14-15H,4-5,11-13H2,1-2H3,(H,26,28)/t14-,15+. The lowest BCUT2D eigenvalue weighted by Crippen LogP contribution is -2.45. The predicted octanol–water partition coefficient (Wildman–Crippen LogP) is 3.48. The largest absolute Gasteiger partial charge is 0.372 e. The number of benzene rings is 1. The van der Waals surface area contributed by atoms with Gasteiger partial charge in [0.15, 0.2) is 0 Å². The summed E-state index contributed by atoms with van der Waals surface area (Å²) in [6, 6.07) is 7.16. The van der Waals surface area contributed by atoms with E-state index in [1.807, 2.05) is 19.9 Å². The first-order valence-electron chi connectivity index (χ1n) is 9.96. The van der Waals surface area contributed by atoms with Crippen LogP contribution in [0.25, 0.3) is 0 Å². The highest BCUT2D eigenvalue weighted by atomic mass is 19.1. The summed E-state index contributed by atoms with van der Waals surface area (Å²) in [4.78, 5) is 19.2. The minimum absolute atomic E-state index is 0.116. The molecule has 0 bridgehead atoms. The van der Waals surface area contributed by atoms with Crippen molar-refractivity contribution in [1.82, 2.24) is 10.3 Å². The summed E-state index contributed by atoms with van der Waals surface area (Å²) in [6.45, 7) is 5.57. The van der Waals surface area contributed by atoms with E-state index in [9.17, 15) is 13.6 Å². The van der Waals surface area contributed by atoms with Crippen molar-refractivity contribution in [2.45, 2.75) is 50.9 Å². The topological polar surface area (TPSA) is 54.5 Å². The Kier molecular flexibility index (Phi) is 5.25. The summed E-state index contributed by atoms with van der Waals surface area (Å²) < 4.78 is 32.7. The molecule has 2 aliphatic rings. The van der Waals surface area contributed by atoms with Crippen molar-refractivity contribution in [3.63, 3.8) is 0 Å². The summed E-state index contributed by atoms with van der Waals surface area (Å²) in [7, 11) is 0. The van der Waals surface area contributed by atoms with Crippen molar-refractivity contribution >= 4 is 11.6 Å². The van der Waals surface area contributed by atoms with Gasteiger partial charge in [0.1, 0.15) is 17.3 Å². The average molecular weight is 401 g/mol. The zero-order valence-corrected chi connectivity index (χ0v) is 16.6. The fourth-order valence-corrected chi connectivity index (χ4v) is 4.03. The highest BCUT2D eigenvalue weighted by Crippen LogP contribution is 2.39. The van der Waals surface area contributed by atoms with Gasteiger partial charge in [-0.15, -0.1) is 0 Å². The van der Waals surface area contributed by atoms with Gasteiger partial charge in [-0.3, -0.25) is 9.78 Å². The van der Waals surface area contributed by atoms with Gasteiger partial charge in [0, 0.05) is 36.6 Å². The Morgan fingerprint density at radius 3 is 2.45 bits per heavy atom. The van der Waals surface area contributed by atoms with Gasteiger partial charge < -0.3 is 15.0 Å². The van der Waals surface area contributed by atoms with Crippen LogP contribution in [0, 0.1) is 11.6 Å². The molecule has 1 aromatic carbocycles. The van der Waals surface area contributed by atoms with Gasteiger partial charge >= 0.3 is 0 Å². The smallest absolute Gasteiger partial charge is 0.270 e. The molecule has 154 valence electrons. The molecule has 29 heavy (non-hydrogen) atoms. The Balaban J connectivity index is 1.46. The van der Waals surface area contributed by atoms with E-state index in [0.29, 0.717) is 17.7 Å². The zero-order chi connectivity index (χ0) is 20.6. The van der Waals surface area contributed by atoms with Crippen molar-refractivity contribution in [3.8, 4) is 0 Å². The monoisotopic (exact) mass is 401 g/mol. The molecule has 2 aromatic rings. The lowest BCUT2D eigenvalue weighted by molar-refractivity contribution is -0.00522. The van der Waals surface area contributed by atoms with Crippen LogP contribution in [0.5, 0.6) is 0 Å². The van der Waals surface area contributed by atoms with Crippen LogP contribution in [0.1, 0.15) is 42.7 Å². The Labute approximate surface area is 169 Å². The molecule has 1 amide bonds. The van der Waals surface area contributed by atoms with Crippen LogP contribution in [0.15, 0.2) is 36.5 Å². The van der Waals surface area contributed by atoms with Crippen LogP contribution < -0.4 is 10.2 Å². The van der Waals surface area contributed by atoms with E-state index < -0.39 is 17.2 Å². The first kappa shape index (κ1) is 19.8. The van der Waals surface area contributed by atoms with Gasteiger partial charge in [-0.1, -0.05) is 0 Å². The predicted molar refractivity (Wildman–Crippen MR) is 106 cm³/mol. The first-order chi connectivity index (χ1) is 13.8. The number of halogens is 2. The number of hydrogen-bond donors (Lipinski definition) is 1. The molecule has 1 aliphatic carbocycles. The van der Waals surface area contributed by atoms with Crippen LogP contribution in [-0.2, 0) is 11.2 Å². The number of carbonyl (C=O) groups is 1. The van der Waals surface area contributed by atoms with Gasteiger partial charge in [0.05, 0.1) is 12.2 Å². The summed E-state index contributed by atoms with van der Waals surface area (Å²) in [6.07, 6.45) is 3.81. The minimum Gasteiger partial charge on any atom is -0.372 e. The number of ether oxygens (including phenoxy) is 1. The summed E-state index contributed by atoms with van der Waals surface area (Å²) in [5.41, 5.74) is 1.35. The van der Waals surface area contributed by atoms with E-state index >= 15 is 0 Å². The highest BCUT2D eigenvalue weighted by molar-refractivity contribution is 5.94. The van der Waals surface area contributed by atoms with Gasteiger partial charge in [-0.05, 0) is 62.9 Å². The van der Waals surface area contributed by atoms with Crippen molar-refractivity contribution in [1.29, 1.82) is 0 Å². The summed E-state index contributed by atoms with van der Waals surface area (Å²) in [5, 5.41) is 3.03. The molecule has 4 rings (SSSR count). The van der Waals surface area contributed by atoms with E-state index in [1.54, 1.807) is 12.3 Å². The molecule has 2 fully saturated rings. The van der Waals surface area contributed by atoms with Gasteiger partial charge in [0.25, 0.3) is 5.91 Å². The molecule has 2 atom stereocenters. The molecular formula is C22H25F2N3O2. The molecule has 5 nitrogen and oxygen atoms in total. The number of nitrogens with one attached hydrogen (secondary N) is 1. The SMILES string of the molecule is C[C@@H]1CN(c2ccnc(C(=O)NC3(Cc4cc(F)cc(F)c4)CC3)c2)C[C@H](C)O1. The fourth-order valence-electron chi connectivity index (χ4n) is 4.03. The number of aromatic nitrogens is 1. The normalized spacial score (nSPS) is 23.0. The van der Waals surface area contributed by atoms with Gasteiger partial charge in [0.2, 0.25) is 0 Å². The Bertz CT molecular complexity index is 886. The second kappa shape index (κ2) is 7.71. The van der Waals surface area contributed by atoms with Crippen LogP contribution in [0.4, 0.5) is 14.5 Å². The Morgan fingerprint density at radius 1 is 1.17 bits per heavy atom. The molecular weight excluding hydrogens is 376 g/mol. The van der Waals surface area contributed by atoms with E-state index in [0.717, 1.165) is 37.7 Å². The molecule has 2 heterocycles. The van der Waals surface area contributed by atoms with Crippen molar-refractivity contribution in [2.75, 3.05) is 18.0 Å². The number of rotatable bonds is 5. The van der Waals surface area contributed by atoms with Crippen LogP contribution in [0.3, 0.4) is 0 Å². The summed E-state index contributed by atoms with van der Waals surface area (Å²) in [5.74, 6) is -1.48. The maximum Gasteiger partial charge on any atom is 0.270 e. The lowest BCUT2D eigenvalue weighted by atomic mass is 10.0. The van der Waals surface area contributed by atoms with E-state index in [1.165, 1.54) is 12.1 Å². The number of carbonyl (C=O) groups excluding carboxylic acids is 1. The second-order valence-corrected chi connectivity index (χ2v) is 8.25. The first-order valence-corrected chi connectivity index (χ1v) is 9.96. The molecule has 1 N–H and O–H groups in total. The van der Waals surface area contributed by atoms with Crippen LogP contribution in [-0.4, -0.2) is 41.7 Å². The third-order valence-corrected chi connectivity index (χ3v) is 5.46. The number of anilines is 1. The van der Waals surface area contributed by atoms with Crippen molar-refractivity contribution in [2.24, 2.45) is 0 Å². The number of pyridine rings is 1. The quantitative estimate of drug-likeness (QED) is 0.834. The van der Waals surface area contributed by atoms with Gasteiger partial charge in [-0.2, -0.15) is 0 Å². The minimum atomic E-state index is -0.606. The molecule has 0 radical (unpaired) electrons. The Hall–Kier alpha value is -2.54. The van der Waals surface area contributed by atoms with Crippen molar-refractivity contribution < 1.29 is 18.3 Å². The van der Waals surface area contributed by atoms with Crippen molar-refractivity contribution in [3.05, 3.63) is 59.4 Å². The number of amides is 1. The molecule has 1 saturated heterocycles. The number of hydrogen-bond acceptors (Lipinski definition) is 4. The van der Waals surface area contributed by atoms with E-state index in [-0.39, 0.29) is 18.1 Å². The third-order valence-electron chi connectivity index (χ3n) is 5.46.